The van der Waals surface area contributed by atoms with Gasteiger partial charge in [0.2, 0.25) is 5.91 Å². The number of benzene rings is 1. The van der Waals surface area contributed by atoms with Crippen LogP contribution in [0.4, 0.5) is 0 Å². The molecule has 0 saturated heterocycles. The van der Waals surface area contributed by atoms with Crippen molar-refractivity contribution in [3.05, 3.63) is 29.8 Å². The fourth-order valence-electron chi connectivity index (χ4n) is 2.58. The summed E-state index contributed by atoms with van der Waals surface area (Å²) < 4.78 is 5.42. The molecule has 1 aliphatic rings. The Morgan fingerprint density at radius 1 is 1.40 bits per heavy atom. The molecule has 4 nitrogen and oxygen atoms in total. The van der Waals surface area contributed by atoms with Gasteiger partial charge in [-0.15, -0.1) is 0 Å². The Hall–Kier alpha value is -1.55. The van der Waals surface area contributed by atoms with Crippen LogP contribution in [-0.2, 0) is 4.79 Å². The van der Waals surface area contributed by atoms with Gasteiger partial charge in [-0.2, -0.15) is 0 Å². The Kier molecular flexibility index (Phi) is 4.65. The number of nitrogens with one attached hydrogen (secondary N) is 1. The van der Waals surface area contributed by atoms with Gasteiger partial charge in [0.1, 0.15) is 5.75 Å². The number of nitrogens with two attached hydrogens (primary N) is 1. The zero-order valence-corrected chi connectivity index (χ0v) is 12.3. The molecule has 0 radical (unpaired) electrons. The molecule has 0 aromatic heterocycles. The molecule has 0 spiro atoms. The lowest BCUT2D eigenvalue weighted by Crippen LogP contribution is -2.50. The van der Waals surface area contributed by atoms with E-state index in [1.807, 2.05) is 38.1 Å². The Morgan fingerprint density at radius 2 is 2.05 bits per heavy atom. The van der Waals surface area contributed by atoms with E-state index >= 15 is 0 Å². The van der Waals surface area contributed by atoms with Gasteiger partial charge in [-0.05, 0) is 44.4 Å². The highest BCUT2D eigenvalue weighted by molar-refractivity contribution is 5.84. The molecule has 110 valence electrons. The van der Waals surface area contributed by atoms with Crippen LogP contribution >= 0.6 is 0 Å². The summed E-state index contributed by atoms with van der Waals surface area (Å²) in [5.41, 5.74) is 6.52. The highest BCUT2D eigenvalue weighted by atomic mass is 16.5. The van der Waals surface area contributed by atoms with E-state index < -0.39 is 0 Å². The van der Waals surface area contributed by atoms with Gasteiger partial charge in [-0.3, -0.25) is 4.79 Å². The van der Waals surface area contributed by atoms with Crippen molar-refractivity contribution >= 4 is 5.91 Å². The normalized spacial score (nSPS) is 17.9. The number of amides is 1. The molecular formula is C16H24N2O2. The van der Waals surface area contributed by atoms with Crippen molar-refractivity contribution in [2.45, 2.75) is 39.2 Å². The summed E-state index contributed by atoms with van der Waals surface area (Å²) >= 11 is 0. The van der Waals surface area contributed by atoms with Crippen molar-refractivity contribution < 1.29 is 9.53 Å². The average Bonchev–Trinajstić information content (AvgIpc) is 2.39. The quantitative estimate of drug-likeness (QED) is 0.838. The second-order valence-electron chi connectivity index (χ2n) is 5.54. The summed E-state index contributed by atoms with van der Waals surface area (Å²) in [4.78, 5) is 12.3. The van der Waals surface area contributed by atoms with E-state index in [1.54, 1.807) is 0 Å². The van der Waals surface area contributed by atoms with Gasteiger partial charge in [0.05, 0.1) is 18.1 Å². The minimum Gasteiger partial charge on any atom is -0.494 e. The Morgan fingerprint density at radius 3 is 2.50 bits per heavy atom. The molecule has 1 fully saturated rings. The third-order valence-electron chi connectivity index (χ3n) is 4.22. The van der Waals surface area contributed by atoms with Crippen LogP contribution in [0.1, 0.15) is 44.7 Å². The van der Waals surface area contributed by atoms with E-state index in [0.29, 0.717) is 13.2 Å². The topological polar surface area (TPSA) is 64.3 Å². The van der Waals surface area contributed by atoms with Crippen LogP contribution in [0.15, 0.2) is 24.3 Å². The third kappa shape index (κ3) is 2.96. The first-order valence-electron chi connectivity index (χ1n) is 7.35. The smallest absolute Gasteiger partial charge is 0.227 e. The first-order chi connectivity index (χ1) is 9.61. The molecule has 1 aromatic carbocycles. The number of hydrogen-bond donors (Lipinski definition) is 2. The molecule has 2 rings (SSSR count). The Labute approximate surface area is 120 Å². The van der Waals surface area contributed by atoms with Crippen molar-refractivity contribution in [3.8, 4) is 5.75 Å². The summed E-state index contributed by atoms with van der Waals surface area (Å²) in [7, 11) is 0. The summed E-state index contributed by atoms with van der Waals surface area (Å²) in [6.07, 6.45) is 2.92. The molecule has 1 aromatic rings. The maximum absolute atomic E-state index is 12.3. The molecule has 1 atom stereocenters. The summed E-state index contributed by atoms with van der Waals surface area (Å²) in [5, 5.41) is 3.08. The van der Waals surface area contributed by atoms with Crippen LogP contribution in [0.5, 0.6) is 5.75 Å². The first-order valence-corrected chi connectivity index (χ1v) is 7.35. The zero-order valence-electron chi connectivity index (χ0n) is 12.3. The van der Waals surface area contributed by atoms with Crippen molar-refractivity contribution in [2.24, 2.45) is 11.1 Å². The van der Waals surface area contributed by atoms with Gasteiger partial charge in [0, 0.05) is 6.54 Å². The Bertz CT molecular complexity index is 447. The first kappa shape index (κ1) is 14.9. The summed E-state index contributed by atoms with van der Waals surface area (Å²) in [6.45, 7) is 5.05. The highest BCUT2D eigenvalue weighted by Crippen LogP contribution is 2.40. The van der Waals surface area contributed by atoms with Crippen LogP contribution in [0.2, 0.25) is 0 Å². The Balaban J connectivity index is 1.97. The summed E-state index contributed by atoms with van der Waals surface area (Å²) in [5.74, 6) is 0.944. The number of hydrogen-bond acceptors (Lipinski definition) is 3. The van der Waals surface area contributed by atoms with Crippen LogP contribution in [0.25, 0.3) is 0 Å². The molecular weight excluding hydrogens is 252 g/mol. The second kappa shape index (κ2) is 6.27. The van der Waals surface area contributed by atoms with Gasteiger partial charge in [-0.1, -0.05) is 18.6 Å². The number of ether oxygens (including phenoxy) is 1. The van der Waals surface area contributed by atoms with Crippen molar-refractivity contribution in [3.63, 3.8) is 0 Å². The largest absolute Gasteiger partial charge is 0.494 e. The number of carbonyl (C=O) groups excluding carboxylic acids is 1. The highest BCUT2D eigenvalue weighted by Gasteiger charge is 2.43. The lowest BCUT2D eigenvalue weighted by Gasteiger charge is -2.39. The van der Waals surface area contributed by atoms with Crippen molar-refractivity contribution in [2.75, 3.05) is 13.2 Å². The third-order valence-corrected chi connectivity index (χ3v) is 4.22. The second-order valence-corrected chi connectivity index (χ2v) is 5.54. The minimum absolute atomic E-state index is 0.0119. The predicted octanol–water partition coefficient (Wildman–Crippen LogP) is 2.39. The van der Waals surface area contributed by atoms with Gasteiger partial charge < -0.3 is 15.8 Å². The fourth-order valence-corrected chi connectivity index (χ4v) is 2.58. The summed E-state index contributed by atoms with van der Waals surface area (Å²) in [6, 6.07) is 7.84. The number of carbonyl (C=O) groups is 1. The molecule has 0 aliphatic heterocycles. The molecule has 4 heteroatoms. The van der Waals surface area contributed by atoms with Gasteiger partial charge in [-0.25, -0.2) is 0 Å². The van der Waals surface area contributed by atoms with Crippen molar-refractivity contribution in [1.82, 2.24) is 5.32 Å². The molecule has 1 aliphatic carbocycles. The lowest BCUT2D eigenvalue weighted by molar-refractivity contribution is -0.135. The molecule has 1 unspecified atom stereocenters. The van der Waals surface area contributed by atoms with E-state index in [2.05, 4.69) is 5.32 Å². The van der Waals surface area contributed by atoms with E-state index in [9.17, 15) is 4.79 Å². The van der Waals surface area contributed by atoms with E-state index in [4.69, 9.17) is 10.5 Å². The molecule has 0 heterocycles. The van der Waals surface area contributed by atoms with Crippen LogP contribution in [0, 0.1) is 5.41 Å². The average molecular weight is 276 g/mol. The van der Waals surface area contributed by atoms with Crippen molar-refractivity contribution in [1.29, 1.82) is 0 Å². The maximum Gasteiger partial charge on any atom is 0.227 e. The SMILES string of the molecule is CCOc1ccc(C(C)NC(=O)C2(CN)CCC2)cc1. The van der Waals surface area contributed by atoms with Crippen LogP contribution in [0.3, 0.4) is 0 Å². The van der Waals surface area contributed by atoms with Gasteiger partial charge >= 0.3 is 0 Å². The molecule has 20 heavy (non-hydrogen) atoms. The van der Waals surface area contributed by atoms with E-state index in [1.165, 1.54) is 0 Å². The zero-order chi connectivity index (χ0) is 14.6. The standard InChI is InChI=1S/C16H24N2O2/c1-3-20-14-7-5-13(6-8-14)12(2)18-15(19)16(11-17)9-4-10-16/h5-8,12H,3-4,9-11,17H2,1-2H3,(H,18,19). The minimum atomic E-state index is -0.320. The van der Waals surface area contributed by atoms with Gasteiger partial charge in [0.25, 0.3) is 0 Å². The van der Waals surface area contributed by atoms with Crippen LogP contribution in [-0.4, -0.2) is 19.1 Å². The molecule has 1 amide bonds. The molecule has 1 saturated carbocycles. The molecule has 3 N–H and O–H groups in total. The lowest BCUT2D eigenvalue weighted by atomic mass is 9.68. The predicted molar refractivity (Wildman–Crippen MR) is 79.5 cm³/mol. The van der Waals surface area contributed by atoms with E-state index in [-0.39, 0.29) is 17.4 Å². The number of rotatable bonds is 6. The molecule has 0 bridgehead atoms. The maximum atomic E-state index is 12.3. The van der Waals surface area contributed by atoms with E-state index in [0.717, 1.165) is 30.6 Å². The van der Waals surface area contributed by atoms with Crippen LogP contribution < -0.4 is 15.8 Å². The van der Waals surface area contributed by atoms with Gasteiger partial charge in [0.15, 0.2) is 0 Å². The monoisotopic (exact) mass is 276 g/mol. The fraction of sp³-hybridized carbons (Fsp3) is 0.562.